The summed E-state index contributed by atoms with van der Waals surface area (Å²) >= 11 is 0. The zero-order valence-corrected chi connectivity index (χ0v) is 69.9. The molecule has 6 fully saturated rings. The predicted molar refractivity (Wildman–Crippen MR) is 421 cm³/mol. The number of nitrogens with two attached hydrogens (primary N) is 2. The van der Waals surface area contributed by atoms with Gasteiger partial charge in [-0.1, -0.05) is 180 Å². The summed E-state index contributed by atoms with van der Waals surface area (Å²) in [4.78, 5) is 53.7. The summed E-state index contributed by atoms with van der Waals surface area (Å²) in [6.45, 7) is -2.11. The van der Waals surface area contributed by atoms with Crippen LogP contribution in [0.3, 0.4) is 0 Å². The maximum Gasteiger partial charge on any atom is 0.364 e. The number of hydrogen-bond acceptors (Lipinski definition) is 37. The Hall–Kier alpha value is -3.70. The number of aliphatic hydroxyl groups excluding tert-OH is 19. The molecule has 121 heavy (non-hydrogen) atoms. The molecule has 27 N–H and O–H groups in total. The molecule has 6 aliphatic rings. The van der Waals surface area contributed by atoms with Gasteiger partial charge in [0.15, 0.2) is 25.2 Å². The quantitative estimate of drug-likeness (QED) is 0.0203. The average Bonchev–Trinajstić information content (AvgIpc) is 0.751. The van der Waals surface area contributed by atoms with Crippen LogP contribution in [0, 0.1) is 0 Å². The maximum absolute atomic E-state index is 14.1. The molecular formula is C80H144N4O37. The summed E-state index contributed by atoms with van der Waals surface area (Å²) in [6, 6.07) is -5.59. The number of carboxylic acid groups (broad SMARTS) is 2. The van der Waals surface area contributed by atoms with Crippen molar-refractivity contribution < 1.29 is 183 Å². The minimum Gasteiger partial charge on any atom is -0.477 e. The molecule has 6 heterocycles. The Morgan fingerprint density at radius 3 is 1.40 bits per heavy atom. The van der Waals surface area contributed by atoms with E-state index in [-0.39, 0.29) is 18.9 Å². The molecular weight excluding hydrogens is 1610 g/mol. The van der Waals surface area contributed by atoms with Gasteiger partial charge in [0.1, 0.15) is 146 Å². The van der Waals surface area contributed by atoms with E-state index >= 15 is 0 Å². The third kappa shape index (κ3) is 30.7. The van der Waals surface area contributed by atoms with E-state index in [4.69, 9.17) is 68.3 Å². The number of allylic oxidation sites excluding steroid dienone is 1. The molecule has 34 atom stereocenters. The smallest absolute Gasteiger partial charge is 0.364 e. The highest BCUT2D eigenvalue weighted by Gasteiger charge is 2.63. The molecule has 0 saturated carbocycles. The number of aliphatic hydroxyl groups is 19. The Kier molecular flexibility index (Phi) is 47.3. The number of amides is 2. The van der Waals surface area contributed by atoms with E-state index in [1.807, 2.05) is 0 Å². The largest absolute Gasteiger partial charge is 0.477 e. The molecule has 706 valence electrons. The van der Waals surface area contributed by atoms with Crippen LogP contribution in [0.2, 0.25) is 0 Å². The van der Waals surface area contributed by atoms with Crippen molar-refractivity contribution in [3.8, 4) is 0 Å². The highest BCUT2D eigenvalue weighted by atomic mass is 16.8. The third-order valence-electron chi connectivity index (χ3n) is 23.4. The Bertz CT molecular complexity index is 2950. The van der Waals surface area contributed by atoms with Crippen LogP contribution in [0.4, 0.5) is 0 Å². The van der Waals surface area contributed by atoms with E-state index in [9.17, 15) is 126 Å². The molecule has 2 amide bonds. The molecule has 0 bridgehead atoms. The Morgan fingerprint density at radius 2 is 0.893 bits per heavy atom. The van der Waals surface area contributed by atoms with Gasteiger partial charge in [0, 0.05) is 32.7 Å². The van der Waals surface area contributed by atoms with E-state index in [0.717, 1.165) is 71.1 Å². The van der Waals surface area contributed by atoms with Gasteiger partial charge in [-0.3, -0.25) is 9.59 Å². The van der Waals surface area contributed by atoms with Crippen LogP contribution in [-0.4, -0.2) is 385 Å². The minimum atomic E-state index is -3.54. The maximum atomic E-state index is 14.1. The molecule has 0 spiro atoms. The first kappa shape index (κ1) is 106. The lowest BCUT2D eigenvalue weighted by molar-refractivity contribution is -0.404. The second-order valence-electron chi connectivity index (χ2n) is 33.0. The number of carbonyl (C=O) groups is 4. The highest BCUT2D eigenvalue weighted by Crippen LogP contribution is 2.42. The summed E-state index contributed by atoms with van der Waals surface area (Å²) in [5, 5.41) is 240. The SMILES string of the molecule is CCCCCCCCCCCCC/C=C/C(O)C(CNC(=O)CCCCCCCCCCCCCCCCC)O[C@@H]1O[C@H](CO)[C@@H](O[C@H]2O[C@@H](CO)[C@@H](O[C@H]3O[C@@H](CO)[C@@H](O)[C@@H](O[C@H]4O[C@@H](CO)[C@@H](O)[C@@H](O)[C@@H]4O)[C@@H]3NC(C)=O)[C@@H](O[C@@]3(C(=O)O)C[C@H](O)[C@@H](N)[C@H](C(O)C(O)CO[C@]4(C(=O)O)C[C@@H](O)[C@H](N)[C@@H](C(O)C(O)CO)O4)O3)[C@@H]2O)[C@H](O)[C@H]1O. The fraction of sp³-hybridized carbons (Fsp3) is 0.925. The summed E-state index contributed by atoms with van der Waals surface area (Å²) in [5.41, 5.74) is 12.3. The fourth-order valence-corrected chi connectivity index (χ4v) is 16.0. The number of rotatable bonds is 57. The zero-order chi connectivity index (χ0) is 89.3. The number of ether oxygens (including phenoxy) is 12. The van der Waals surface area contributed by atoms with Crippen molar-refractivity contribution in [2.75, 3.05) is 46.2 Å². The van der Waals surface area contributed by atoms with E-state index in [1.54, 1.807) is 6.08 Å². The topological polar surface area (TPSA) is 680 Å². The monoisotopic (exact) mass is 1750 g/mol. The molecule has 0 radical (unpaired) electrons. The molecule has 6 saturated heterocycles. The molecule has 6 aliphatic heterocycles. The molecule has 0 aliphatic carbocycles. The van der Waals surface area contributed by atoms with Gasteiger partial charge < -0.3 is 186 Å². The van der Waals surface area contributed by atoms with Crippen LogP contribution >= 0.6 is 0 Å². The number of carbonyl (C=O) groups excluding carboxylic acids is 2. The molecule has 6 unspecified atom stereocenters. The van der Waals surface area contributed by atoms with Crippen LogP contribution in [0.5, 0.6) is 0 Å². The Balaban J connectivity index is 1.28. The van der Waals surface area contributed by atoms with Gasteiger partial charge in [-0.25, -0.2) is 9.59 Å². The zero-order valence-electron chi connectivity index (χ0n) is 69.9. The first-order chi connectivity index (χ1) is 57.7. The number of aliphatic carboxylic acids is 2. The van der Waals surface area contributed by atoms with Crippen molar-refractivity contribution in [2.45, 2.75) is 421 Å². The van der Waals surface area contributed by atoms with Crippen molar-refractivity contribution in [3.63, 3.8) is 0 Å². The van der Waals surface area contributed by atoms with Crippen molar-refractivity contribution in [2.24, 2.45) is 11.5 Å². The van der Waals surface area contributed by atoms with Gasteiger partial charge >= 0.3 is 11.9 Å². The van der Waals surface area contributed by atoms with Gasteiger partial charge in [-0.05, 0) is 19.3 Å². The molecule has 41 heteroatoms. The van der Waals surface area contributed by atoms with Crippen molar-refractivity contribution in [1.82, 2.24) is 10.6 Å². The Labute approximate surface area is 705 Å². The minimum absolute atomic E-state index is 0.137. The fourth-order valence-electron chi connectivity index (χ4n) is 16.0. The van der Waals surface area contributed by atoms with Crippen LogP contribution in [0.25, 0.3) is 0 Å². The molecule has 41 nitrogen and oxygen atoms in total. The van der Waals surface area contributed by atoms with Crippen LogP contribution < -0.4 is 22.1 Å². The predicted octanol–water partition coefficient (Wildman–Crippen LogP) is -4.22. The first-order valence-corrected chi connectivity index (χ1v) is 43.4. The lowest BCUT2D eigenvalue weighted by atomic mass is 9.88. The molecule has 0 aromatic heterocycles. The van der Waals surface area contributed by atoms with E-state index in [1.165, 1.54) is 102 Å². The van der Waals surface area contributed by atoms with Crippen molar-refractivity contribution >= 4 is 23.8 Å². The molecule has 0 aromatic rings. The number of carboxylic acids is 2. The lowest BCUT2D eigenvalue weighted by Gasteiger charge is -2.52. The van der Waals surface area contributed by atoms with Gasteiger partial charge in [-0.2, -0.15) is 0 Å². The number of hydrogen-bond donors (Lipinski definition) is 25. The van der Waals surface area contributed by atoms with E-state index < -0.39 is 278 Å². The second-order valence-corrected chi connectivity index (χ2v) is 33.0. The number of nitrogens with one attached hydrogen (secondary N) is 2. The summed E-state index contributed by atoms with van der Waals surface area (Å²) in [5.74, 6) is -12.3. The standard InChI is InChI=1S/C80H144N4O37/c1-4-6-8-10-12-14-16-18-19-21-23-25-27-29-31-33-54(96)83-36-49(44(91)32-30-28-26-24-22-20-17-15-13-11-9-7-5-2)111-74-65(104)63(102)67(52(40-88)114-74)116-76-66(105)72(68(53(41-89)115-76)117-73-57(84-43(3)90)71(61(100)51(39-87)112-73)118-75-64(103)62(101)60(99)50(38-86)113-75)121-80(78(108)109)35-46(93)56(82)70(120-80)59(98)48(95)42-110-79(77(106)107)34-45(92)55(81)69(119-79)58(97)47(94)37-85/h30,32,44-53,55-76,85-89,91-95,97-105H,4-29,31,33-42,81-82H2,1-3H3,(H,83,96)(H,84,90)(H,106,107)(H,108,109)/b32-30+/t44?,45-,46+,47?,48?,49?,50+,51+,52-,53+,55+,56-,57+,58?,59?,60-,61-,62-,63-,64+,65-,66+,67-,68-,69+,70-,71+,72+,73-,74-,75-,76-,79-,80-/m1/s1. The van der Waals surface area contributed by atoms with Gasteiger partial charge in [0.05, 0.1) is 63.9 Å². The molecule has 6 rings (SSSR count). The Morgan fingerprint density at radius 1 is 0.471 bits per heavy atom. The van der Waals surface area contributed by atoms with E-state index in [0.29, 0.717) is 12.8 Å². The summed E-state index contributed by atoms with van der Waals surface area (Å²) in [7, 11) is 0. The van der Waals surface area contributed by atoms with E-state index in [2.05, 4.69) is 24.5 Å². The lowest BCUT2D eigenvalue weighted by Crippen LogP contribution is -2.72. The van der Waals surface area contributed by atoms with Gasteiger partial charge in [0.25, 0.3) is 11.6 Å². The summed E-state index contributed by atoms with van der Waals surface area (Å²) in [6.07, 6.45) is -30.9. The first-order valence-electron chi connectivity index (χ1n) is 43.4. The average molecular weight is 1750 g/mol. The van der Waals surface area contributed by atoms with Crippen LogP contribution in [0.15, 0.2) is 12.2 Å². The van der Waals surface area contributed by atoms with Crippen molar-refractivity contribution in [3.05, 3.63) is 12.2 Å². The van der Waals surface area contributed by atoms with Crippen LogP contribution in [0.1, 0.15) is 213 Å². The second kappa shape index (κ2) is 53.9. The summed E-state index contributed by atoms with van der Waals surface area (Å²) < 4.78 is 71.5. The third-order valence-corrected chi connectivity index (χ3v) is 23.4. The van der Waals surface area contributed by atoms with Crippen molar-refractivity contribution in [1.29, 1.82) is 0 Å². The number of unbranched alkanes of at least 4 members (excludes halogenated alkanes) is 25. The van der Waals surface area contributed by atoms with Crippen LogP contribution in [-0.2, 0) is 76.0 Å². The molecule has 0 aromatic carbocycles. The van der Waals surface area contributed by atoms with Gasteiger partial charge in [-0.15, -0.1) is 0 Å². The highest BCUT2D eigenvalue weighted by molar-refractivity contribution is 5.77. The van der Waals surface area contributed by atoms with Gasteiger partial charge in [0.2, 0.25) is 11.8 Å². The normalized spacial score (nSPS) is 36.4.